The van der Waals surface area contributed by atoms with Crippen molar-refractivity contribution in [2.45, 2.75) is 26.7 Å². The quantitative estimate of drug-likeness (QED) is 0.691. The predicted molar refractivity (Wildman–Crippen MR) is 103 cm³/mol. The second-order valence-corrected chi connectivity index (χ2v) is 6.35. The molecule has 0 saturated heterocycles. The van der Waals surface area contributed by atoms with Crippen LogP contribution in [0.2, 0.25) is 0 Å². The van der Waals surface area contributed by atoms with Crippen LogP contribution < -0.4 is 10.9 Å². The zero-order chi connectivity index (χ0) is 18.7. The molecule has 0 saturated carbocycles. The Morgan fingerprint density at radius 3 is 2.62 bits per heavy atom. The van der Waals surface area contributed by atoms with Gasteiger partial charge in [0.25, 0.3) is 5.56 Å². The van der Waals surface area contributed by atoms with Gasteiger partial charge < -0.3 is 10.3 Å². The van der Waals surface area contributed by atoms with Gasteiger partial charge in [0.05, 0.1) is 5.52 Å². The molecule has 0 aliphatic carbocycles. The molecule has 0 unspecified atom stereocenters. The number of pyridine rings is 1. The second-order valence-electron chi connectivity index (χ2n) is 6.35. The number of rotatable bonds is 5. The van der Waals surface area contributed by atoms with Crippen molar-refractivity contribution in [1.29, 1.82) is 0 Å². The fraction of sp³-hybridized carbons (Fsp3) is 0.190. The summed E-state index contributed by atoms with van der Waals surface area (Å²) < 4.78 is 0. The van der Waals surface area contributed by atoms with E-state index in [1.165, 1.54) is 6.92 Å². The number of carbonyl (C=O) groups excluding carboxylic acids is 2. The first kappa shape index (κ1) is 17.6. The Morgan fingerprint density at radius 1 is 1.08 bits per heavy atom. The molecule has 1 heterocycles. The Balaban J connectivity index is 1.71. The number of aromatic amines is 1. The van der Waals surface area contributed by atoms with Crippen molar-refractivity contribution in [1.82, 2.24) is 4.98 Å². The third kappa shape index (κ3) is 3.88. The number of benzene rings is 2. The SMILES string of the molecule is CC(=O)c1cccc(NC(=O)CCc2cc3cccc(C)c3[nH]c2=O)c1. The van der Waals surface area contributed by atoms with Crippen molar-refractivity contribution < 1.29 is 9.59 Å². The molecule has 5 heteroatoms. The minimum atomic E-state index is -0.200. The molecule has 0 bridgehead atoms. The molecule has 0 atom stereocenters. The average molecular weight is 348 g/mol. The van der Waals surface area contributed by atoms with Crippen molar-refractivity contribution in [2.75, 3.05) is 5.32 Å². The Morgan fingerprint density at radius 2 is 1.85 bits per heavy atom. The number of amides is 1. The van der Waals surface area contributed by atoms with Crippen molar-refractivity contribution >= 4 is 28.3 Å². The van der Waals surface area contributed by atoms with Gasteiger partial charge in [0.15, 0.2) is 5.78 Å². The van der Waals surface area contributed by atoms with Gasteiger partial charge in [-0.1, -0.05) is 30.3 Å². The van der Waals surface area contributed by atoms with Gasteiger partial charge in [-0.05, 0) is 49.4 Å². The Bertz CT molecular complexity index is 1050. The highest BCUT2D eigenvalue weighted by molar-refractivity contribution is 5.97. The predicted octanol–water partition coefficient (Wildman–Crippen LogP) is 3.61. The van der Waals surface area contributed by atoms with Crippen LogP contribution in [0.4, 0.5) is 5.69 Å². The molecule has 132 valence electrons. The number of anilines is 1. The van der Waals surface area contributed by atoms with Crippen molar-refractivity contribution in [3.8, 4) is 0 Å². The van der Waals surface area contributed by atoms with E-state index >= 15 is 0 Å². The lowest BCUT2D eigenvalue weighted by Crippen LogP contribution is -2.17. The van der Waals surface area contributed by atoms with Crippen LogP contribution in [0.5, 0.6) is 0 Å². The van der Waals surface area contributed by atoms with Gasteiger partial charge in [0, 0.05) is 23.2 Å². The van der Waals surface area contributed by atoms with Gasteiger partial charge in [-0.15, -0.1) is 0 Å². The van der Waals surface area contributed by atoms with Crippen molar-refractivity contribution in [3.05, 3.63) is 75.6 Å². The van der Waals surface area contributed by atoms with E-state index in [1.807, 2.05) is 31.2 Å². The zero-order valence-electron chi connectivity index (χ0n) is 14.8. The topological polar surface area (TPSA) is 79.0 Å². The lowest BCUT2D eigenvalue weighted by Gasteiger charge is -2.07. The van der Waals surface area contributed by atoms with Gasteiger partial charge in [-0.2, -0.15) is 0 Å². The average Bonchev–Trinajstić information content (AvgIpc) is 2.61. The van der Waals surface area contributed by atoms with E-state index in [4.69, 9.17) is 0 Å². The van der Waals surface area contributed by atoms with E-state index in [1.54, 1.807) is 24.3 Å². The summed E-state index contributed by atoms with van der Waals surface area (Å²) in [6, 6.07) is 14.5. The van der Waals surface area contributed by atoms with Gasteiger partial charge >= 0.3 is 0 Å². The number of fused-ring (bicyclic) bond motifs is 1. The molecule has 0 fully saturated rings. The summed E-state index contributed by atoms with van der Waals surface area (Å²) in [7, 11) is 0. The fourth-order valence-corrected chi connectivity index (χ4v) is 2.90. The second kappa shape index (κ2) is 7.35. The van der Waals surface area contributed by atoms with E-state index in [2.05, 4.69) is 10.3 Å². The van der Waals surface area contributed by atoms with Gasteiger partial charge in [-0.25, -0.2) is 0 Å². The number of ketones is 1. The highest BCUT2D eigenvalue weighted by Crippen LogP contribution is 2.16. The monoisotopic (exact) mass is 348 g/mol. The molecule has 2 aromatic carbocycles. The maximum absolute atomic E-state index is 12.3. The number of nitrogens with one attached hydrogen (secondary N) is 2. The summed E-state index contributed by atoms with van der Waals surface area (Å²) in [5, 5.41) is 3.72. The maximum atomic E-state index is 12.3. The van der Waals surface area contributed by atoms with E-state index in [9.17, 15) is 14.4 Å². The van der Waals surface area contributed by atoms with Crippen molar-refractivity contribution in [2.24, 2.45) is 0 Å². The van der Waals surface area contributed by atoms with Crippen LogP contribution in [0.1, 0.15) is 34.8 Å². The highest BCUT2D eigenvalue weighted by Gasteiger charge is 2.09. The Hall–Kier alpha value is -3.21. The molecule has 26 heavy (non-hydrogen) atoms. The maximum Gasteiger partial charge on any atom is 0.251 e. The largest absolute Gasteiger partial charge is 0.326 e. The molecule has 0 spiro atoms. The van der Waals surface area contributed by atoms with E-state index in [-0.39, 0.29) is 23.7 Å². The van der Waals surface area contributed by atoms with E-state index in [0.717, 1.165) is 16.5 Å². The molecule has 5 nitrogen and oxygen atoms in total. The molecular formula is C21H20N2O3. The number of aromatic nitrogens is 1. The summed E-state index contributed by atoms with van der Waals surface area (Å²) >= 11 is 0. The molecule has 2 N–H and O–H groups in total. The summed E-state index contributed by atoms with van der Waals surface area (Å²) in [6.07, 6.45) is 0.530. The summed E-state index contributed by atoms with van der Waals surface area (Å²) in [5.74, 6) is -0.256. The van der Waals surface area contributed by atoms with E-state index in [0.29, 0.717) is 23.2 Å². The lowest BCUT2D eigenvalue weighted by molar-refractivity contribution is -0.116. The molecule has 3 rings (SSSR count). The number of carbonyl (C=O) groups is 2. The van der Waals surface area contributed by atoms with Crippen LogP contribution in [-0.2, 0) is 11.2 Å². The smallest absolute Gasteiger partial charge is 0.251 e. The molecule has 0 radical (unpaired) electrons. The zero-order valence-corrected chi connectivity index (χ0v) is 14.8. The lowest BCUT2D eigenvalue weighted by atomic mass is 10.1. The Kier molecular flexibility index (Phi) is 4.98. The molecule has 1 aromatic heterocycles. The minimum absolute atomic E-state index is 0.0564. The molecular weight excluding hydrogens is 328 g/mol. The summed E-state index contributed by atoms with van der Waals surface area (Å²) in [6.45, 7) is 3.43. The number of H-pyrrole nitrogens is 1. The number of aryl methyl sites for hydroxylation is 2. The van der Waals surface area contributed by atoms with Crippen molar-refractivity contribution in [3.63, 3.8) is 0 Å². The molecule has 0 aliphatic rings. The van der Waals surface area contributed by atoms with Crippen LogP contribution in [-0.4, -0.2) is 16.7 Å². The normalized spacial score (nSPS) is 10.7. The number of hydrogen-bond donors (Lipinski definition) is 2. The number of para-hydroxylation sites is 1. The number of Topliss-reactive ketones (excluding diaryl/α,β-unsaturated/α-hetero) is 1. The minimum Gasteiger partial charge on any atom is -0.326 e. The van der Waals surface area contributed by atoms with Crippen LogP contribution in [0, 0.1) is 6.92 Å². The Labute approximate surface area is 151 Å². The molecule has 0 aliphatic heterocycles. The number of hydrogen-bond acceptors (Lipinski definition) is 3. The molecule has 1 amide bonds. The summed E-state index contributed by atoms with van der Waals surface area (Å²) in [4.78, 5) is 38.7. The third-order valence-electron chi connectivity index (χ3n) is 4.34. The van der Waals surface area contributed by atoms with Gasteiger partial charge in [0.2, 0.25) is 5.91 Å². The van der Waals surface area contributed by atoms with Crippen LogP contribution in [0.15, 0.2) is 53.3 Å². The highest BCUT2D eigenvalue weighted by atomic mass is 16.1. The van der Waals surface area contributed by atoms with Crippen LogP contribution >= 0.6 is 0 Å². The first-order valence-electron chi connectivity index (χ1n) is 8.46. The standard InChI is InChI=1S/C21H20N2O3/c1-13-5-3-7-16-11-17(21(26)23-20(13)16)9-10-19(25)22-18-8-4-6-15(12-18)14(2)24/h3-8,11-12H,9-10H2,1-2H3,(H,22,25)(H,23,26). The summed E-state index contributed by atoms with van der Waals surface area (Å²) in [5.41, 5.74) is 3.37. The first-order valence-corrected chi connectivity index (χ1v) is 8.46. The van der Waals surface area contributed by atoms with Crippen LogP contribution in [0.3, 0.4) is 0 Å². The van der Waals surface area contributed by atoms with Gasteiger partial charge in [0.1, 0.15) is 0 Å². The third-order valence-corrected chi connectivity index (χ3v) is 4.34. The van der Waals surface area contributed by atoms with Crippen LogP contribution in [0.25, 0.3) is 10.9 Å². The fourth-order valence-electron chi connectivity index (χ4n) is 2.90. The first-order chi connectivity index (χ1) is 12.4. The molecule has 3 aromatic rings. The van der Waals surface area contributed by atoms with E-state index < -0.39 is 0 Å². The van der Waals surface area contributed by atoms with Gasteiger partial charge in [-0.3, -0.25) is 14.4 Å².